The van der Waals surface area contributed by atoms with Gasteiger partial charge in [0, 0.05) is 20.3 Å². The number of rotatable bonds is 3. The number of hydrogen-bond donors (Lipinski definition) is 0. The highest BCUT2D eigenvalue weighted by Gasteiger charge is 2.26. The van der Waals surface area contributed by atoms with Crippen molar-refractivity contribution in [3.63, 3.8) is 0 Å². The zero-order chi connectivity index (χ0) is 10.1. The van der Waals surface area contributed by atoms with Crippen LogP contribution in [0.1, 0.15) is 12.8 Å². The third kappa shape index (κ3) is 2.10. The van der Waals surface area contributed by atoms with Crippen molar-refractivity contribution in [2.45, 2.75) is 18.9 Å². The second kappa shape index (κ2) is 3.92. The van der Waals surface area contributed by atoms with E-state index in [1.54, 1.807) is 0 Å². The van der Waals surface area contributed by atoms with Crippen LogP contribution < -0.4 is 9.64 Å². The minimum atomic E-state index is 0.435. The third-order valence-corrected chi connectivity index (χ3v) is 2.89. The first kappa shape index (κ1) is 10.0. The SMILES string of the molecule is CN(C)c1cncc(I)c1OC1CC1. The summed E-state index contributed by atoms with van der Waals surface area (Å²) in [6.45, 7) is 0. The minimum Gasteiger partial charge on any atom is -0.487 e. The van der Waals surface area contributed by atoms with Crippen LogP contribution in [0.5, 0.6) is 5.75 Å². The van der Waals surface area contributed by atoms with Crippen LogP contribution >= 0.6 is 22.6 Å². The van der Waals surface area contributed by atoms with Crippen LogP contribution in [0.3, 0.4) is 0 Å². The van der Waals surface area contributed by atoms with Gasteiger partial charge in [-0.05, 0) is 35.4 Å². The molecule has 0 aromatic carbocycles. The van der Waals surface area contributed by atoms with Crippen LogP contribution in [0.2, 0.25) is 0 Å². The number of aromatic nitrogens is 1. The molecule has 1 aromatic heterocycles. The van der Waals surface area contributed by atoms with Crippen LogP contribution in [0.25, 0.3) is 0 Å². The summed E-state index contributed by atoms with van der Waals surface area (Å²) in [5.41, 5.74) is 1.06. The molecule has 1 heterocycles. The Bertz CT molecular complexity index is 337. The van der Waals surface area contributed by atoms with Crippen molar-refractivity contribution >= 4 is 28.3 Å². The fraction of sp³-hybridized carbons (Fsp3) is 0.500. The Morgan fingerprint density at radius 3 is 2.71 bits per heavy atom. The number of ether oxygens (including phenoxy) is 1. The number of halogens is 1. The van der Waals surface area contributed by atoms with E-state index in [4.69, 9.17) is 4.74 Å². The summed E-state index contributed by atoms with van der Waals surface area (Å²) in [5, 5.41) is 0. The average molecular weight is 304 g/mol. The Labute approximate surface area is 97.6 Å². The molecule has 0 aliphatic heterocycles. The lowest BCUT2D eigenvalue weighted by atomic mass is 10.3. The van der Waals surface area contributed by atoms with E-state index < -0.39 is 0 Å². The third-order valence-electron chi connectivity index (χ3n) is 2.12. The van der Waals surface area contributed by atoms with Gasteiger partial charge in [0.15, 0.2) is 5.75 Å². The van der Waals surface area contributed by atoms with Gasteiger partial charge in [0.2, 0.25) is 0 Å². The lowest BCUT2D eigenvalue weighted by Gasteiger charge is -2.18. The largest absolute Gasteiger partial charge is 0.487 e. The molecule has 0 radical (unpaired) electrons. The fourth-order valence-electron chi connectivity index (χ4n) is 1.20. The first-order valence-corrected chi connectivity index (χ1v) is 5.74. The standard InChI is InChI=1S/C10H13IN2O/c1-13(2)9-6-12-5-8(11)10(9)14-7-3-4-7/h5-7H,3-4H2,1-2H3. The monoisotopic (exact) mass is 304 g/mol. The molecule has 0 saturated heterocycles. The first-order valence-electron chi connectivity index (χ1n) is 4.66. The molecule has 2 rings (SSSR count). The molecule has 0 spiro atoms. The van der Waals surface area contributed by atoms with E-state index in [1.165, 1.54) is 12.8 Å². The topological polar surface area (TPSA) is 25.4 Å². The molecule has 1 aliphatic carbocycles. The number of anilines is 1. The second-order valence-electron chi connectivity index (χ2n) is 3.68. The molecule has 1 aliphatic rings. The maximum Gasteiger partial charge on any atom is 0.159 e. The molecule has 1 fully saturated rings. The molecule has 4 heteroatoms. The highest BCUT2D eigenvalue weighted by Crippen LogP contribution is 2.36. The van der Waals surface area contributed by atoms with E-state index >= 15 is 0 Å². The Morgan fingerprint density at radius 1 is 1.43 bits per heavy atom. The zero-order valence-corrected chi connectivity index (χ0v) is 10.5. The average Bonchev–Trinajstić information content (AvgIpc) is 2.91. The van der Waals surface area contributed by atoms with Gasteiger partial charge in [-0.15, -0.1) is 0 Å². The van der Waals surface area contributed by atoms with Gasteiger partial charge in [0.25, 0.3) is 0 Å². The van der Waals surface area contributed by atoms with Gasteiger partial charge < -0.3 is 9.64 Å². The zero-order valence-electron chi connectivity index (χ0n) is 8.33. The van der Waals surface area contributed by atoms with Gasteiger partial charge in [-0.1, -0.05) is 0 Å². The smallest absolute Gasteiger partial charge is 0.159 e. The molecule has 0 N–H and O–H groups in total. The Balaban J connectivity index is 2.31. The van der Waals surface area contributed by atoms with E-state index in [0.29, 0.717) is 6.10 Å². The molecule has 0 atom stereocenters. The fourth-order valence-corrected chi connectivity index (χ4v) is 1.76. The van der Waals surface area contributed by atoms with Crippen LogP contribution in [-0.4, -0.2) is 25.2 Å². The van der Waals surface area contributed by atoms with E-state index in [1.807, 2.05) is 31.4 Å². The van der Waals surface area contributed by atoms with Gasteiger partial charge in [0.1, 0.15) is 0 Å². The highest BCUT2D eigenvalue weighted by molar-refractivity contribution is 14.1. The predicted octanol–water partition coefficient (Wildman–Crippen LogP) is 2.29. The van der Waals surface area contributed by atoms with Crippen molar-refractivity contribution in [1.29, 1.82) is 0 Å². The van der Waals surface area contributed by atoms with Crippen LogP contribution in [0.4, 0.5) is 5.69 Å². The molecular formula is C10H13IN2O. The first-order chi connectivity index (χ1) is 6.68. The van der Waals surface area contributed by atoms with Crippen LogP contribution in [0.15, 0.2) is 12.4 Å². The molecule has 0 bridgehead atoms. The van der Waals surface area contributed by atoms with Crippen molar-refractivity contribution in [2.75, 3.05) is 19.0 Å². The summed E-state index contributed by atoms with van der Waals surface area (Å²) in [6, 6.07) is 0. The summed E-state index contributed by atoms with van der Waals surface area (Å²) in [4.78, 5) is 6.20. The van der Waals surface area contributed by atoms with E-state index in [0.717, 1.165) is 15.0 Å². The number of pyridine rings is 1. The van der Waals surface area contributed by atoms with Gasteiger partial charge in [0.05, 0.1) is 21.6 Å². The van der Waals surface area contributed by atoms with Crippen molar-refractivity contribution in [2.24, 2.45) is 0 Å². The van der Waals surface area contributed by atoms with Gasteiger partial charge >= 0.3 is 0 Å². The predicted molar refractivity (Wildman–Crippen MR) is 64.9 cm³/mol. The molecular weight excluding hydrogens is 291 g/mol. The minimum absolute atomic E-state index is 0.435. The Kier molecular flexibility index (Phi) is 2.80. The maximum atomic E-state index is 5.86. The van der Waals surface area contributed by atoms with Crippen molar-refractivity contribution < 1.29 is 4.74 Å². The number of hydrogen-bond acceptors (Lipinski definition) is 3. The number of nitrogens with zero attached hydrogens (tertiary/aromatic N) is 2. The highest BCUT2D eigenvalue weighted by atomic mass is 127. The second-order valence-corrected chi connectivity index (χ2v) is 4.84. The van der Waals surface area contributed by atoms with Crippen molar-refractivity contribution in [3.8, 4) is 5.75 Å². The normalized spacial score (nSPS) is 15.4. The molecule has 0 amide bonds. The molecule has 3 nitrogen and oxygen atoms in total. The summed E-state index contributed by atoms with van der Waals surface area (Å²) in [6.07, 6.45) is 6.49. The lowest BCUT2D eigenvalue weighted by Crippen LogP contribution is -2.12. The summed E-state index contributed by atoms with van der Waals surface area (Å²) < 4.78 is 6.94. The van der Waals surface area contributed by atoms with E-state index in [9.17, 15) is 0 Å². The van der Waals surface area contributed by atoms with Gasteiger partial charge in [-0.2, -0.15) is 0 Å². The summed E-state index contributed by atoms with van der Waals surface area (Å²) in [5.74, 6) is 0.980. The van der Waals surface area contributed by atoms with Crippen molar-refractivity contribution in [1.82, 2.24) is 4.98 Å². The maximum absolute atomic E-state index is 5.86. The van der Waals surface area contributed by atoms with Crippen molar-refractivity contribution in [3.05, 3.63) is 16.0 Å². The van der Waals surface area contributed by atoms with Crippen LogP contribution in [0, 0.1) is 3.57 Å². The molecule has 1 saturated carbocycles. The quantitative estimate of drug-likeness (QED) is 0.801. The lowest BCUT2D eigenvalue weighted by molar-refractivity contribution is 0.301. The molecule has 1 aromatic rings. The summed E-state index contributed by atoms with van der Waals surface area (Å²) >= 11 is 2.27. The Hall–Kier alpha value is -0.520. The van der Waals surface area contributed by atoms with Gasteiger partial charge in [-0.3, -0.25) is 4.98 Å². The summed E-state index contributed by atoms with van der Waals surface area (Å²) in [7, 11) is 4.01. The Morgan fingerprint density at radius 2 is 2.14 bits per heavy atom. The van der Waals surface area contributed by atoms with E-state index in [-0.39, 0.29) is 0 Å². The molecule has 0 unspecified atom stereocenters. The molecule has 14 heavy (non-hydrogen) atoms. The van der Waals surface area contributed by atoms with E-state index in [2.05, 4.69) is 27.6 Å². The van der Waals surface area contributed by atoms with Gasteiger partial charge in [-0.25, -0.2) is 0 Å². The molecule has 76 valence electrons. The van der Waals surface area contributed by atoms with Crippen LogP contribution in [-0.2, 0) is 0 Å².